The standard InChI is InChI=1S/C11H11.2CH3.Zr/c1-2-9-7-10-5-3-4-6-11(10)8-9;;;/h3-8H,2H2,1H3;2*1H3;/q3*-1;+3. The largest absolute Gasteiger partial charge is 3.00 e. The van der Waals surface area contributed by atoms with Gasteiger partial charge >= 0.3 is 26.2 Å². The maximum absolute atomic E-state index is 2.26. The van der Waals surface area contributed by atoms with E-state index in [2.05, 4.69) is 43.3 Å². The predicted molar refractivity (Wildman–Crippen MR) is 61.7 cm³/mol. The Labute approximate surface area is 107 Å². The normalized spacial score (nSPS) is 8.36. The third-order valence-corrected chi connectivity index (χ3v) is 2.09. The number of hydrogen-bond donors (Lipinski definition) is 0. The molecule has 0 bridgehead atoms. The number of rotatable bonds is 1. The van der Waals surface area contributed by atoms with Crippen LogP contribution in [0.15, 0.2) is 36.4 Å². The van der Waals surface area contributed by atoms with Gasteiger partial charge in [0.05, 0.1) is 0 Å². The molecular weight excluding hydrogens is 247 g/mol. The topological polar surface area (TPSA) is 0 Å². The van der Waals surface area contributed by atoms with Crippen LogP contribution in [0.4, 0.5) is 0 Å². The second kappa shape index (κ2) is 7.06. The second-order valence-electron chi connectivity index (χ2n) is 2.85. The zero-order valence-corrected chi connectivity index (χ0v) is 11.6. The van der Waals surface area contributed by atoms with Gasteiger partial charge in [0.2, 0.25) is 0 Å². The van der Waals surface area contributed by atoms with Crippen LogP contribution in [0.2, 0.25) is 0 Å². The smallest absolute Gasteiger partial charge is 0.358 e. The molecule has 0 saturated carbocycles. The molecule has 2 aromatic rings. The number of hydrogen-bond acceptors (Lipinski definition) is 0. The molecule has 0 N–H and O–H groups in total. The molecule has 0 aliphatic carbocycles. The van der Waals surface area contributed by atoms with Crippen LogP contribution in [0.3, 0.4) is 0 Å². The first kappa shape index (κ1) is 16.2. The first-order valence-corrected chi connectivity index (χ1v) is 4.04. The van der Waals surface area contributed by atoms with Crippen molar-refractivity contribution in [3.05, 3.63) is 56.8 Å². The summed E-state index contributed by atoms with van der Waals surface area (Å²) in [4.78, 5) is 0. The molecule has 0 nitrogen and oxygen atoms in total. The zero-order valence-electron chi connectivity index (χ0n) is 9.17. The van der Waals surface area contributed by atoms with Crippen molar-refractivity contribution in [2.75, 3.05) is 0 Å². The number of benzene rings is 1. The van der Waals surface area contributed by atoms with Crippen LogP contribution in [0.25, 0.3) is 10.8 Å². The van der Waals surface area contributed by atoms with Crippen LogP contribution < -0.4 is 0 Å². The van der Waals surface area contributed by atoms with Crippen molar-refractivity contribution in [2.24, 2.45) is 0 Å². The minimum absolute atomic E-state index is 0. The van der Waals surface area contributed by atoms with Crippen molar-refractivity contribution in [2.45, 2.75) is 13.3 Å². The third-order valence-electron chi connectivity index (χ3n) is 2.09. The number of fused-ring (bicyclic) bond motifs is 1. The maximum Gasteiger partial charge on any atom is 3.00 e. The molecule has 0 heterocycles. The van der Waals surface area contributed by atoms with E-state index in [0.29, 0.717) is 0 Å². The molecule has 73 valence electrons. The Kier molecular flexibility index (Phi) is 8.15. The van der Waals surface area contributed by atoms with E-state index >= 15 is 0 Å². The second-order valence-corrected chi connectivity index (χ2v) is 2.85. The summed E-state index contributed by atoms with van der Waals surface area (Å²) in [5.74, 6) is 0. The van der Waals surface area contributed by atoms with Gasteiger partial charge < -0.3 is 14.9 Å². The monoisotopic (exact) mass is 263 g/mol. The van der Waals surface area contributed by atoms with Crippen molar-refractivity contribution in [1.29, 1.82) is 0 Å². The van der Waals surface area contributed by atoms with E-state index in [4.69, 9.17) is 0 Å². The zero-order chi connectivity index (χ0) is 7.68. The first-order valence-electron chi connectivity index (χ1n) is 4.04. The van der Waals surface area contributed by atoms with E-state index in [1.165, 1.54) is 16.3 Å². The molecule has 2 rings (SSSR count). The van der Waals surface area contributed by atoms with Crippen LogP contribution in [0.5, 0.6) is 0 Å². The minimum Gasteiger partial charge on any atom is -0.358 e. The SMILES string of the molecule is CCc1cc2ccccc2[cH-]1.[CH3-].[CH3-].[Zr+3]. The predicted octanol–water partition coefficient (Wildman–Crippen LogP) is 4.02. The van der Waals surface area contributed by atoms with Crippen LogP contribution in [0.1, 0.15) is 12.5 Å². The Balaban J connectivity index is 0. The van der Waals surface area contributed by atoms with Crippen molar-refractivity contribution in [1.82, 2.24) is 0 Å². The van der Waals surface area contributed by atoms with Gasteiger partial charge in [0.25, 0.3) is 0 Å². The molecule has 0 unspecified atom stereocenters. The fourth-order valence-corrected chi connectivity index (χ4v) is 1.42. The van der Waals surface area contributed by atoms with Gasteiger partial charge in [-0.1, -0.05) is 13.0 Å². The Bertz CT molecular complexity index is 327. The summed E-state index contributed by atoms with van der Waals surface area (Å²) in [6.45, 7) is 2.19. The van der Waals surface area contributed by atoms with Crippen molar-refractivity contribution >= 4 is 10.8 Å². The number of aryl methyl sites for hydroxylation is 1. The molecule has 0 spiro atoms. The van der Waals surface area contributed by atoms with Crippen LogP contribution in [0, 0.1) is 14.9 Å². The summed E-state index contributed by atoms with van der Waals surface area (Å²) in [6, 6.07) is 13.0. The molecular formula is C13H17Zr. The van der Waals surface area contributed by atoms with E-state index in [-0.39, 0.29) is 41.1 Å². The van der Waals surface area contributed by atoms with Crippen LogP contribution in [-0.4, -0.2) is 0 Å². The average molecular weight is 265 g/mol. The third kappa shape index (κ3) is 3.13. The fourth-order valence-electron chi connectivity index (χ4n) is 1.42. The fraction of sp³-hybridized carbons (Fsp3) is 0.154. The van der Waals surface area contributed by atoms with Gasteiger partial charge in [-0.2, -0.15) is 6.07 Å². The van der Waals surface area contributed by atoms with E-state index in [0.717, 1.165) is 6.42 Å². The summed E-state index contributed by atoms with van der Waals surface area (Å²) in [6.07, 6.45) is 1.13. The summed E-state index contributed by atoms with van der Waals surface area (Å²) in [5, 5.41) is 2.73. The molecule has 0 amide bonds. The maximum atomic E-state index is 2.26. The van der Waals surface area contributed by atoms with E-state index in [1.807, 2.05) is 0 Å². The van der Waals surface area contributed by atoms with Crippen molar-refractivity contribution in [3.8, 4) is 0 Å². The Hall–Kier alpha value is -0.287. The Morgan fingerprint density at radius 3 is 2.36 bits per heavy atom. The molecule has 1 heteroatoms. The van der Waals surface area contributed by atoms with Crippen molar-refractivity contribution < 1.29 is 26.2 Å². The van der Waals surface area contributed by atoms with Crippen LogP contribution >= 0.6 is 0 Å². The molecule has 0 aliphatic heterocycles. The molecule has 0 aliphatic rings. The van der Waals surface area contributed by atoms with Gasteiger partial charge in [-0.25, -0.2) is 0 Å². The first-order chi connectivity index (χ1) is 5.40. The van der Waals surface area contributed by atoms with Gasteiger partial charge in [0.15, 0.2) is 0 Å². The summed E-state index contributed by atoms with van der Waals surface area (Å²) < 4.78 is 0. The Morgan fingerprint density at radius 1 is 1.14 bits per heavy atom. The van der Waals surface area contributed by atoms with E-state index in [1.54, 1.807) is 0 Å². The Morgan fingerprint density at radius 2 is 1.79 bits per heavy atom. The molecule has 14 heavy (non-hydrogen) atoms. The van der Waals surface area contributed by atoms with Gasteiger partial charge in [0, 0.05) is 0 Å². The molecule has 2 aromatic carbocycles. The van der Waals surface area contributed by atoms with E-state index in [9.17, 15) is 0 Å². The molecule has 0 saturated heterocycles. The van der Waals surface area contributed by atoms with Crippen LogP contribution in [-0.2, 0) is 32.6 Å². The van der Waals surface area contributed by atoms with Gasteiger partial charge in [-0.3, -0.25) is 0 Å². The molecule has 1 radical (unpaired) electrons. The average Bonchev–Trinajstić information content (AvgIpc) is 2.46. The molecule has 0 fully saturated rings. The van der Waals surface area contributed by atoms with Gasteiger partial charge in [-0.05, 0) is 6.42 Å². The summed E-state index contributed by atoms with van der Waals surface area (Å²) in [5.41, 5.74) is 1.44. The van der Waals surface area contributed by atoms with Crippen molar-refractivity contribution in [3.63, 3.8) is 0 Å². The van der Waals surface area contributed by atoms with Gasteiger partial charge in [-0.15, -0.1) is 40.6 Å². The quantitative estimate of drug-likeness (QED) is 0.683. The summed E-state index contributed by atoms with van der Waals surface area (Å²) in [7, 11) is 0. The van der Waals surface area contributed by atoms with E-state index < -0.39 is 0 Å². The summed E-state index contributed by atoms with van der Waals surface area (Å²) >= 11 is 0. The van der Waals surface area contributed by atoms with Gasteiger partial charge in [0.1, 0.15) is 0 Å². The minimum atomic E-state index is 0. The molecule has 0 atom stereocenters. The molecule has 0 aromatic heterocycles.